The van der Waals surface area contributed by atoms with Crippen molar-refractivity contribution in [1.29, 1.82) is 0 Å². The van der Waals surface area contributed by atoms with Crippen molar-refractivity contribution >= 4 is 15.9 Å². The van der Waals surface area contributed by atoms with Crippen LogP contribution in [0.5, 0.6) is 0 Å². The van der Waals surface area contributed by atoms with Crippen molar-refractivity contribution in [3.05, 3.63) is 35.9 Å². The number of nitrogens with one attached hydrogen (secondary N) is 1. The lowest BCUT2D eigenvalue weighted by atomic mass is 9.92. The standard InChI is InChI=1S/C16H24N2O3S/c1-22(20,21)17-11-9-16(19)18-12-5-8-15(10-13-18)14-6-3-2-4-7-14/h2-4,6-7,15,17H,5,8-13H2,1H3/t15-/m0/s1. The molecule has 1 amide bonds. The molecule has 0 spiro atoms. The molecule has 1 heterocycles. The monoisotopic (exact) mass is 324 g/mol. The summed E-state index contributed by atoms with van der Waals surface area (Å²) in [5, 5.41) is 0. The maximum atomic E-state index is 12.2. The third-order valence-electron chi connectivity index (χ3n) is 4.05. The highest BCUT2D eigenvalue weighted by Gasteiger charge is 2.21. The number of carbonyl (C=O) groups is 1. The zero-order valence-electron chi connectivity index (χ0n) is 13.0. The molecule has 5 nitrogen and oxygen atoms in total. The van der Waals surface area contributed by atoms with Crippen LogP contribution in [0.2, 0.25) is 0 Å². The van der Waals surface area contributed by atoms with E-state index in [0.717, 1.165) is 38.6 Å². The summed E-state index contributed by atoms with van der Waals surface area (Å²) >= 11 is 0. The molecule has 122 valence electrons. The second kappa shape index (κ2) is 7.74. The number of sulfonamides is 1. The smallest absolute Gasteiger partial charge is 0.223 e. The Balaban J connectivity index is 1.83. The molecule has 1 aromatic rings. The van der Waals surface area contributed by atoms with E-state index in [-0.39, 0.29) is 18.9 Å². The van der Waals surface area contributed by atoms with Gasteiger partial charge >= 0.3 is 0 Å². The SMILES string of the molecule is CS(=O)(=O)NCCC(=O)N1CCC[C@H](c2ccccc2)CC1. The fourth-order valence-corrected chi connectivity index (χ4v) is 3.38. The molecule has 0 aliphatic carbocycles. The molecule has 1 saturated heterocycles. The van der Waals surface area contributed by atoms with E-state index in [9.17, 15) is 13.2 Å². The molecular formula is C16H24N2O3S. The van der Waals surface area contributed by atoms with Gasteiger partial charge < -0.3 is 4.90 Å². The molecule has 6 heteroatoms. The maximum absolute atomic E-state index is 12.2. The quantitative estimate of drug-likeness (QED) is 0.897. The van der Waals surface area contributed by atoms with Gasteiger partial charge in [-0.25, -0.2) is 13.1 Å². The average Bonchev–Trinajstić information content (AvgIpc) is 2.72. The minimum absolute atomic E-state index is 0.0323. The number of hydrogen-bond acceptors (Lipinski definition) is 3. The Labute approximate surface area is 132 Å². The van der Waals surface area contributed by atoms with Crippen LogP contribution in [0.25, 0.3) is 0 Å². The highest BCUT2D eigenvalue weighted by atomic mass is 32.2. The van der Waals surface area contributed by atoms with Crippen molar-refractivity contribution in [2.45, 2.75) is 31.6 Å². The first-order chi connectivity index (χ1) is 10.5. The van der Waals surface area contributed by atoms with Crippen LogP contribution in [0.15, 0.2) is 30.3 Å². The van der Waals surface area contributed by atoms with Crippen LogP contribution in [0.4, 0.5) is 0 Å². The lowest BCUT2D eigenvalue weighted by molar-refractivity contribution is -0.130. The van der Waals surface area contributed by atoms with E-state index < -0.39 is 10.0 Å². The number of hydrogen-bond donors (Lipinski definition) is 1. The van der Waals surface area contributed by atoms with Gasteiger partial charge in [-0.15, -0.1) is 0 Å². The molecule has 1 aromatic carbocycles. The van der Waals surface area contributed by atoms with E-state index >= 15 is 0 Å². The molecule has 22 heavy (non-hydrogen) atoms. The predicted molar refractivity (Wildman–Crippen MR) is 87.1 cm³/mol. The van der Waals surface area contributed by atoms with Gasteiger partial charge in [-0.05, 0) is 30.7 Å². The minimum Gasteiger partial charge on any atom is -0.343 e. The van der Waals surface area contributed by atoms with Gasteiger partial charge in [0.15, 0.2) is 0 Å². The summed E-state index contributed by atoms with van der Waals surface area (Å²) in [6.07, 6.45) is 4.38. The van der Waals surface area contributed by atoms with E-state index in [4.69, 9.17) is 0 Å². The molecule has 1 N–H and O–H groups in total. The Kier molecular flexibility index (Phi) is 5.97. The molecule has 0 aromatic heterocycles. The summed E-state index contributed by atoms with van der Waals surface area (Å²) in [5.41, 5.74) is 1.34. The van der Waals surface area contributed by atoms with Crippen LogP contribution in [-0.2, 0) is 14.8 Å². The fourth-order valence-electron chi connectivity index (χ4n) is 2.91. The first kappa shape index (κ1) is 17.0. The first-order valence-corrected chi connectivity index (χ1v) is 9.62. The molecule has 1 aliphatic heterocycles. The Morgan fingerprint density at radius 1 is 1.23 bits per heavy atom. The zero-order valence-corrected chi connectivity index (χ0v) is 13.8. The van der Waals surface area contributed by atoms with Crippen LogP contribution in [0.1, 0.15) is 37.2 Å². The highest BCUT2D eigenvalue weighted by molar-refractivity contribution is 7.88. The van der Waals surface area contributed by atoms with Gasteiger partial charge in [-0.2, -0.15) is 0 Å². The van der Waals surface area contributed by atoms with Crippen molar-refractivity contribution < 1.29 is 13.2 Å². The van der Waals surface area contributed by atoms with Crippen molar-refractivity contribution in [2.75, 3.05) is 25.9 Å². The summed E-state index contributed by atoms with van der Waals surface area (Å²) in [6.45, 7) is 1.69. The zero-order chi connectivity index (χ0) is 16.0. The van der Waals surface area contributed by atoms with Crippen LogP contribution < -0.4 is 4.72 Å². The lowest BCUT2D eigenvalue weighted by Crippen LogP contribution is -2.35. The molecule has 0 radical (unpaired) electrons. The number of rotatable bonds is 5. The van der Waals surface area contributed by atoms with E-state index in [1.807, 2.05) is 11.0 Å². The van der Waals surface area contributed by atoms with Gasteiger partial charge in [0.05, 0.1) is 6.26 Å². The summed E-state index contributed by atoms with van der Waals surface area (Å²) in [4.78, 5) is 14.0. The average molecular weight is 324 g/mol. The van der Waals surface area contributed by atoms with Crippen LogP contribution >= 0.6 is 0 Å². The second-order valence-electron chi connectivity index (χ2n) is 5.84. The van der Waals surface area contributed by atoms with E-state index in [0.29, 0.717) is 5.92 Å². The molecule has 1 atom stereocenters. The third kappa shape index (κ3) is 5.42. The summed E-state index contributed by atoms with van der Waals surface area (Å²) in [7, 11) is -3.22. The van der Waals surface area contributed by atoms with E-state index in [1.54, 1.807) is 0 Å². The van der Waals surface area contributed by atoms with Crippen LogP contribution in [0, 0.1) is 0 Å². The largest absolute Gasteiger partial charge is 0.343 e. The van der Waals surface area contributed by atoms with Crippen LogP contribution in [-0.4, -0.2) is 45.1 Å². The Hall–Kier alpha value is -1.40. The fraction of sp³-hybridized carbons (Fsp3) is 0.562. The number of carbonyl (C=O) groups excluding carboxylic acids is 1. The molecule has 0 unspecified atom stereocenters. The van der Waals surface area contributed by atoms with Crippen molar-refractivity contribution in [3.8, 4) is 0 Å². The summed E-state index contributed by atoms with van der Waals surface area (Å²) < 4.78 is 24.4. The second-order valence-corrected chi connectivity index (χ2v) is 7.67. The highest BCUT2D eigenvalue weighted by Crippen LogP contribution is 2.27. The molecule has 0 bridgehead atoms. The molecular weight excluding hydrogens is 300 g/mol. The first-order valence-electron chi connectivity index (χ1n) is 7.73. The lowest BCUT2D eigenvalue weighted by Gasteiger charge is -2.20. The normalized spacial score (nSPS) is 19.7. The summed E-state index contributed by atoms with van der Waals surface area (Å²) in [6, 6.07) is 10.4. The van der Waals surface area contributed by atoms with Gasteiger partial charge in [0.25, 0.3) is 0 Å². The maximum Gasteiger partial charge on any atom is 0.223 e. The minimum atomic E-state index is -3.22. The predicted octanol–water partition coefficient (Wildman–Crippen LogP) is 1.72. The van der Waals surface area contributed by atoms with Gasteiger partial charge in [-0.1, -0.05) is 30.3 Å². The van der Waals surface area contributed by atoms with Crippen molar-refractivity contribution in [3.63, 3.8) is 0 Å². The Bertz CT molecular complexity index is 587. The van der Waals surface area contributed by atoms with Crippen LogP contribution in [0.3, 0.4) is 0 Å². The topological polar surface area (TPSA) is 66.5 Å². The van der Waals surface area contributed by atoms with Crippen molar-refractivity contribution in [1.82, 2.24) is 9.62 Å². The van der Waals surface area contributed by atoms with Crippen molar-refractivity contribution in [2.24, 2.45) is 0 Å². The Morgan fingerprint density at radius 2 is 1.95 bits per heavy atom. The third-order valence-corrected chi connectivity index (χ3v) is 4.78. The van der Waals surface area contributed by atoms with Gasteiger partial charge in [-0.3, -0.25) is 4.79 Å². The number of likely N-dealkylation sites (tertiary alicyclic amines) is 1. The molecule has 1 fully saturated rings. The number of nitrogens with zero attached hydrogens (tertiary/aromatic N) is 1. The molecule has 0 saturated carbocycles. The molecule has 1 aliphatic rings. The Morgan fingerprint density at radius 3 is 2.64 bits per heavy atom. The number of benzene rings is 1. The summed E-state index contributed by atoms with van der Waals surface area (Å²) in [5.74, 6) is 0.540. The van der Waals surface area contributed by atoms with Gasteiger partial charge in [0, 0.05) is 26.1 Å². The van der Waals surface area contributed by atoms with E-state index in [1.165, 1.54) is 5.56 Å². The molecule has 2 rings (SSSR count). The van der Waals surface area contributed by atoms with E-state index in [2.05, 4.69) is 29.0 Å². The van der Waals surface area contributed by atoms with Gasteiger partial charge in [0.1, 0.15) is 0 Å². The van der Waals surface area contributed by atoms with Gasteiger partial charge in [0.2, 0.25) is 15.9 Å². The number of amides is 1.